The molecule has 0 radical (unpaired) electrons. The van der Waals surface area contributed by atoms with Crippen molar-refractivity contribution in [3.05, 3.63) is 130 Å². The fourth-order valence-corrected chi connectivity index (χ4v) is 4.70. The summed E-state index contributed by atoms with van der Waals surface area (Å²) in [5.74, 6) is 1.71. The number of aryl methyl sites for hydroxylation is 2. The van der Waals surface area contributed by atoms with Crippen molar-refractivity contribution in [2.24, 2.45) is 5.73 Å². The van der Waals surface area contributed by atoms with Gasteiger partial charge >= 0.3 is 0 Å². The van der Waals surface area contributed by atoms with Crippen molar-refractivity contribution >= 4 is 5.78 Å². The van der Waals surface area contributed by atoms with Gasteiger partial charge in [-0.05, 0) is 50.5 Å². The van der Waals surface area contributed by atoms with Gasteiger partial charge in [-0.1, -0.05) is 96.1 Å². The van der Waals surface area contributed by atoms with E-state index in [0.29, 0.717) is 39.3 Å². The second-order valence-corrected chi connectivity index (χ2v) is 10.5. The summed E-state index contributed by atoms with van der Waals surface area (Å²) in [6.45, 7) is 8.71. The highest BCUT2D eigenvalue weighted by Gasteiger charge is 2.16. The van der Waals surface area contributed by atoms with Crippen LogP contribution >= 0.6 is 0 Å². The first-order valence-corrected chi connectivity index (χ1v) is 13.9. The quantitative estimate of drug-likeness (QED) is 0.193. The van der Waals surface area contributed by atoms with Crippen molar-refractivity contribution in [3.8, 4) is 11.5 Å². The van der Waals surface area contributed by atoms with Gasteiger partial charge in [0.25, 0.3) is 0 Å². The summed E-state index contributed by atoms with van der Waals surface area (Å²) in [5, 5.41) is 0. The molecule has 0 aliphatic heterocycles. The van der Waals surface area contributed by atoms with Crippen LogP contribution in [0.4, 0.5) is 0 Å². The van der Waals surface area contributed by atoms with Gasteiger partial charge in [-0.2, -0.15) is 0 Å². The van der Waals surface area contributed by atoms with E-state index in [1.807, 2.05) is 36.4 Å². The number of para-hydroxylation sites is 2. The van der Waals surface area contributed by atoms with Crippen LogP contribution in [-0.2, 0) is 31.1 Å². The van der Waals surface area contributed by atoms with E-state index in [4.69, 9.17) is 15.2 Å². The molecule has 0 saturated carbocycles. The zero-order valence-corrected chi connectivity index (χ0v) is 23.8. The van der Waals surface area contributed by atoms with E-state index >= 15 is 0 Å². The Kier molecular flexibility index (Phi) is 10.5. The van der Waals surface area contributed by atoms with E-state index in [0.717, 1.165) is 33.8 Å². The molecule has 0 aliphatic rings. The number of Topliss-reactive ketones (excluding diaryl/α,β-unsaturated/α-hetero) is 1. The van der Waals surface area contributed by atoms with Crippen molar-refractivity contribution < 1.29 is 14.3 Å². The summed E-state index contributed by atoms with van der Waals surface area (Å²) >= 11 is 0. The minimum absolute atomic E-state index is 0.00345. The Morgan fingerprint density at radius 2 is 1.20 bits per heavy atom. The first-order chi connectivity index (χ1) is 19.4. The molecule has 208 valence electrons. The van der Waals surface area contributed by atoms with Crippen molar-refractivity contribution in [2.45, 2.75) is 59.5 Å². The molecule has 5 heteroatoms. The number of ketones is 1. The normalized spacial score (nSPS) is 11.8. The number of benzene rings is 4. The summed E-state index contributed by atoms with van der Waals surface area (Å²) in [6.07, 6.45) is 0.577. The van der Waals surface area contributed by atoms with Crippen molar-refractivity contribution in [3.63, 3.8) is 0 Å². The average Bonchev–Trinajstić information content (AvgIpc) is 2.95. The van der Waals surface area contributed by atoms with Crippen LogP contribution in [0.15, 0.2) is 97.1 Å². The van der Waals surface area contributed by atoms with Crippen LogP contribution in [0.3, 0.4) is 0 Å². The molecule has 4 rings (SSSR count). The number of nitrogens with zero attached hydrogens (tertiary/aromatic N) is 1. The van der Waals surface area contributed by atoms with Gasteiger partial charge in [0.2, 0.25) is 0 Å². The third kappa shape index (κ3) is 8.80. The molecule has 0 spiro atoms. The number of carbonyl (C=O) groups is 1. The second-order valence-electron chi connectivity index (χ2n) is 10.5. The van der Waals surface area contributed by atoms with Crippen LogP contribution in [0.1, 0.15) is 46.7 Å². The molecule has 0 bridgehead atoms. The highest BCUT2D eigenvalue weighted by Crippen LogP contribution is 2.26. The molecule has 0 amide bonds. The molecule has 0 aliphatic carbocycles. The van der Waals surface area contributed by atoms with Gasteiger partial charge in [-0.25, -0.2) is 0 Å². The second kappa shape index (κ2) is 14.5. The first-order valence-electron chi connectivity index (χ1n) is 13.9. The number of hydrogen-bond donors (Lipinski definition) is 1. The fourth-order valence-electron chi connectivity index (χ4n) is 4.70. The molecule has 0 heterocycles. The van der Waals surface area contributed by atoms with Crippen molar-refractivity contribution in [1.82, 2.24) is 4.90 Å². The largest absolute Gasteiger partial charge is 0.489 e. The lowest BCUT2D eigenvalue weighted by Crippen LogP contribution is -2.34. The Bertz CT molecular complexity index is 1310. The van der Waals surface area contributed by atoms with Gasteiger partial charge in [-0.3, -0.25) is 9.69 Å². The number of nitrogens with two attached hydrogens (primary N) is 1. The van der Waals surface area contributed by atoms with E-state index in [1.165, 1.54) is 11.1 Å². The van der Waals surface area contributed by atoms with Crippen LogP contribution in [-0.4, -0.2) is 23.3 Å². The molecule has 0 aromatic heterocycles. The molecular weight excluding hydrogens is 496 g/mol. The minimum Gasteiger partial charge on any atom is -0.489 e. The van der Waals surface area contributed by atoms with Gasteiger partial charge in [0.1, 0.15) is 30.5 Å². The molecule has 40 heavy (non-hydrogen) atoms. The molecular formula is C35H40N2O3. The molecule has 2 N–H and O–H groups in total. The Hall–Kier alpha value is -3.93. The van der Waals surface area contributed by atoms with Crippen molar-refractivity contribution in [1.29, 1.82) is 0 Å². The summed E-state index contributed by atoms with van der Waals surface area (Å²) in [6, 6.07) is 32.6. The maximum absolute atomic E-state index is 11.9. The third-order valence-electron chi connectivity index (χ3n) is 6.97. The predicted octanol–water partition coefficient (Wildman–Crippen LogP) is 6.77. The summed E-state index contributed by atoms with van der Waals surface area (Å²) in [4.78, 5) is 14.2. The van der Waals surface area contributed by atoms with Crippen molar-refractivity contribution in [2.75, 3.05) is 6.54 Å². The number of carbonyl (C=O) groups excluding carboxylic acids is 1. The lowest BCUT2D eigenvalue weighted by molar-refractivity contribution is -0.118. The molecule has 0 fully saturated rings. The summed E-state index contributed by atoms with van der Waals surface area (Å²) in [7, 11) is 0. The van der Waals surface area contributed by atoms with E-state index in [9.17, 15) is 4.79 Å². The van der Waals surface area contributed by atoms with E-state index in [-0.39, 0.29) is 5.78 Å². The average molecular weight is 537 g/mol. The number of rotatable bonds is 14. The lowest BCUT2D eigenvalue weighted by Gasteiger charge is -2.26. The smallest absolute Gasteiger partial charge is 0.146 e. The number of hydrogen-bond acceptors (Lipinski definition) is 5. The molecule has 4 aromatic rings. The van der Waals surface area contributed by atoms with Gasteiger partial charge in [0.15, 0.2) is 0 Å². The molecule has 4 aromatic carbocycles. The monoisotopic (exact) mass is 536 g/mol. The third-order valence-corrected chi connectivity index (χ3v) is 6.97. The van der Waals surface area contributed by atoms with Gasteiger partial charge in [0, 0.05) is 30.8 Å². The van der Waals surface area contributed by atoms with Crippen LogP contribution in [0.5, 0.6) is 11.5 Å². The van der Waals surface area contributed by atoms with Gasteiger partial charge < -0.3 is 15.2 Å². The number of ether oxygens (including phenoxy) is 2. The zero-order chi connectivity index (χ0) is 28.3. The summed E-state index contributed by atoms with van der Waals surface area (Å²) in [5.41, 5.74) is 13.0. The first kappa shape index (κ1) is 29.1. The van der Waals surface area contributed by atoms with Crippen LogP contribution in [0.2, 0.25) is 0 Å². The van der Waals surface area contributed by atoms with Crippen LogP contribution < -0.4 is 15.2 Å². The SMILES string of the molecule is CC(=O)C(N)CCN(Cc1ccccc1OCc1cccc(C)c1)Cc1ccccc1OCc1cccc(C)c1. The molecule has 5 nitrogen and oxygen atoms in total. The Morgan fingerprint density at radius 3 is 1.65 bits per heavy atom. The van der Waals surface area contributed by atoms with Crippen LogP contribution in [0, 0.1) is 13.8 Å². The van der Waals surface area contributed by atoms with E-state index < -0.39 is 6.04 Å². The Morgan fingerprint density at radius 1 is 0.725 bits per heavy atom. The lowest BCUT2D eigenvalue weighted by atomic mass is 10.1. The fraction of sp³-hybridized carbons (Fsp3) is 0.286. The molecule has 0 saturated heterocycles. The maximum atomic E-state index is 11.9. The highest BCUT2D eigenvalue weighted by molar-refractivity contribution is 5.81. The van der Waals surface area contributed by atoms with Gasteiger partial charge in [-0.15, -0.1) is 0 Å². The van der Waals surface area contributed by atoms with E-state index in [2.05, 4.69) is 79.4 Å². The Labute approximate surface area is 238 Å². The predicted molar refractivity (Wildman–Crippen MR) is 161 cm³/mol. The maximum Gasteiger partial charge on any atom is 0.146 e. The molecule has 1 unspecified atom stereocenters. The minimum atomic E-state index is -0.483. The molecule has 1 atom stereocenters. The standard InChI is InChI=1S/C35H40N2O3/c1-26-10-8-12-29(20-26)24-39-34-16-6-4-14-31(34)22-37(19-18-33(36)28(3)38)23-32-15-5-7-17-35(32)40-25-30-13-9-11-27(2)21-30/h4-17,20-21,33H,18-19,22-25,36H2,1-3H3. The van der Waals surface area contributed by atoms with E-state index in [1.54, 1.807) is 6.92 Å². The highest BCUT2D eigenvalue weighted by atomic mass is 16.5. The van der Waals surface area contributed by atoms with Gasteiger partial charge in [0.05, 0.1) is 6.04 Å². The summed E-state index contributed by atoms with van der Waals surface area (Å²) < 4.78 is 12.6. The van der Waals surface area contributed by atoms with Crippen LogP contribution in [0.25, 0.3) is 0 Å². The topological polar surface area (TPSA) is 64.8 Å². The Balaban J connectivity index is 1.51. The zero-order valence-electron chi connectivity index (χ0n) is 23.8.